The van der Waals surface area contributed by atoms with Crippen LogP contribution in [-0.2, 0) is 27.9 Å². The lowest BCUT2D eigenvalue weighted by Crippen LogP contribution is -2.28. The highest BCUT2D eigenvalue weighted by atomic mass is 31.2. The van der Waals surface area contributed by atoms with Gasteiger partial charge in [-0.3, -0.25) is 13.8 Å². The van der Waals surface area contributed by atoms with Gasteiger partial charge in [0.2, 0.25) is 0 Å². The van der Waals surface area contributed by atoms with Gasteiger partial charge in [-0.15, -0.1) is 0 Å². The standard InChI is InChI=1S/C55H108NO7P/c1-3-5-7-9-11-13-15-17-19-21-23-25-26-27-28-29-30-32-34-36-38-40-42-44-46-48-55(57)63-54(53-62-64(58,59)61-51-49-56)52-60-50-47-45-43-41-39-37-35-33-31-24-22-20-18-16-14-12-10-8-6-4-2/h15,17,21,23,54H,3-14,16,18-20,22,24-53,56H2,1-2H3,(H,58,59)/b17-15-,23-21-. The van der Waals surface area contributed by atoms with Crippen molar-refractivity contribution in [3.05, 3.63) is 24.3 Å². The zero-order chi connectivity index (χ0) is 46.5. The van der Waals surface area contributed by atoms with Gasteiger partial charge in [0.1, 0.15) is 6.10 Å². The van der Waals surface area contributed by atoms with Crippen molar-refractivity contribution in [1.29, 1.82) is 0 Å². The van der Waals surface area contributed by atoms with E-state index in [4.69, 9.17) is 24.3 Å². The zero-order valence-corrected chi connectivity index (χ0v) is 43.4. The van der Waals surface area contributed by atoms with Gasteiger partial charge in [0.15, 0.2) is 0 Å². The molecule has 3 N–H and O–H groups in total. The van der Waals surface area contributed by atoms with Gasteiger partial charge in [0, 0.05) is 19.6 Å². The van der Waals surface area contributed by atoms with Gasteiger partial charge in [-0.1, -0.05) is 256 Å². The highest BCUT2D eigenvalue weighted by Crippen LogP contribution is 2.43. The summed E-state index contributed by atoms with van der Waals surface area (Å²) < 4.78 is 33.7. The molecule has 0 fully saturated rings. The maximum atomic E-state index is 12.7. The molecule has 0 aliphatic rings. The number of hydrogen-bond acceptors (Lipinski definition) is 7. The summed E-state index contributed by atoms with van der Waals surface area (Å²) in [6.45, 7) is 4.98. The third-order valence-electron chi connectivity index (χ3n) is 12.4. The molecule has 0 amide bonds. The summed E-state index contributed by atoms with van der Waals surface area (Å²) in [5, 5.41) is 0. The highest BCUT2D eigenvalue weighted by molar-refractivity contribution is 7.47. The van der Waals surface area contributed by atoms with Crippen molar-refractivity contribution in [2.24, 2.45) is 5.73 Å². The van der Waals surface area contributed by atoms with E-state index in [0.717, 1.165) is 38.5 Å². The van der Waals surface area contributed by atoms with E-state index in [0.29, 0.717) is 13.0 Å². The molecule has 64 heavy (non-hydrogen) atoms. The summed E-state index contributed by atoms with van der Waals surface area (Å²) in [5.41, 5.74) is 5.40. The van der Waals surface area contributed by atoms with Crippen LogP contribution in [0.5, 0.6) is 0 Å². The first kappa shape index (κ1) is 63.0. The molecule has 0 rings (SSSR count). The van der Waals surface area contributed by atoms with Crippen LogP contribution < -0.4 is 5.73 Å². The Balaban J connectivity index is 3.86. The van der Waals surface area contributed by atoms with Gasteiger partial charge < -0.3 is 20.1 Å². The third-order valence-corrected chi connectivity index (χ3v) is 13.4. The highest BCUT2D eigenvalue weighted by Gasteiger charge is 2.25. The molecule has 0 radical (unpaired) electrons. The van der Waals surface area contributed by atoms with Crippen LogP contribution >= 0.6 is 7.82 Å². The summed E-state index contributed by atoms with van der Waals surface area (Å²) in [5.74, 6) is -0.324. The number of ether oxygens (including phenoxy) is 2. The second-order valence-corrected chi connectivity index (χ2v) is 20.3. The average Bonchev–Trinajstić information content (AvgIpc) is 3.29. The molecule has 0 aliphatic heterocycles. The minimum Gasteiger partial charge on any atom is -0.457 e. The fraction of sp³-hybridized carbons (Fsp3) is 0.909. The molecule has 0 saturated heterocycles. The monoisotopic (exact) mass is 926 g/mol. The molecule has 0 bridgehead atoms. The second-order valence-electron chi connectivity index (χ2n) is 18.8. The van der Waals surface area contributed by atoms with E-state index in [2.05, 4.69) is 38.2 Å². The van der Waals surface area contributed by atoms with Crippen LogP contribution in [0.25, 0.3) is 0 Å². The van der Waals surface area contributed by atoms with Crippen molar-refractivity contribution in [3.63, 3.8) is 0 Å². The van der Waals surface area contributed by atoms with Crippen LogP contribution in [0.4, 0.5) is 0 Å². The van der Waals surface area contributed by atoms with Crippen LogP contribution in [0.15, 0.2) is 24.3 Å². The molecule has 2 unspecified atom stereocenters. The lowest BCUT2D eigenvalue weighted by Gasteiger charge is -2.20. The third kappa shape index (κ3) is 52.0. The Bertz CT molecular complexity index is 1040. The summed E-state index contributed by atoms with van der Waals surface area (Å²) in [6, 6.07) is 0. The Hall–Kier alpha value is -1.02. The van der Waals surface area contributed by atoms with Crippen LogP contribution in [0.2, 0.25) is 0 Å². The summed E-state index contributed by atoms with van der Waals surface area (Å²) >= 11 is 0. The van der Waals surface area contributed by atoms with Crippen molar-refractivity contribution in [3.8, 4) is 0 Å². The van der Waals surface area contributed by atoms with Gasteiger partial charge in [-0.05, 0) is 44.9 Å². The largest absolute Gasteiger partial charge is 0.472 e. The molecule has 0 saturated carbocycles. The minimum absolute atomic E-state index is 0.0925. The number of hydrogen-bond donors (Lipinski definition) is 2. The Morgan fingerprint density at radius 2 is 0.828 bits per heavy atom. The maximum Gasteiger partial charge on any atom is 0.472 e. The van der Waals surface area contributed by atoms with Crippen LogP contribution in [0.3, 0.4) is 0 Å². The van der Waals surface area contributed by atoms with E-state index in [-0.39, 0.29) is 32.3 Å². The van der Waals surface area contributed by atoms with Gasteiger partial charge in [-0.2, -0.15) is 0 Å². The lowest BCUT2D eigenvalue weighted by atomic mass is 10.0. The zero-order valence-electron chi connectivity index (χ0n) is 42.5. The van der Waals surface area contributed by atoms with E-state index in [1.165, 1.54) is 225 Å². The predicted molar refractivity (Wildman–Crippen MR) is 275 cm³/mol. The molecule has 2 atom stereocenters. The van der Waals surface area contributed by atoms with Crippen molar-refractivity contribution in [1.82, 2.24) is 0 Å². The van der Waals surface area contributed by atoms with Crippen LogP contribution in [0, 0.1) is 0 Å². The maximum absolute atomic E-state index is 12.7. The molecule has 0 aromatic rings. The summed E-state index contributed by atoms with van der Waals surface area (Å²) in [4.78, 5) is 22.6. The average molecular weight is 926 g/mol. The summed E-state index contributed by atoms with van der Waals surface area (Å²) in [7, 11) is -4.28. The fourth-order valence-electron chi connectivity index (χ4n) is 8.27. The normalized spacial score (nSPS) is 13.4. The lowest BCUT2D eigenvalue weighted by molar-refractivity contribution is -0.154. The minimum atomic E-state index is -4.28. The van der Waals surface area contributed by atoms with E-state index < -0.39 is 13.9 Å². The smallest absolute Gasteiger partial charge is 0.457 e. The Kier molecular flexibility index (Phi) is 52.1. The van der Waals surface area contributed by atoms with Gasteiger partial charge in [0.05, 0.1) is 19.8 Å². The number of nitrogens with two attached hydrogens (primary N) is 1. The van der Waals surface area contributed by atoms with Gasteiger partial charge >= 0.3 is 13.8 Å². The van der Waals surface area contributed by atoms with E-state index in [9.17, 15) is 14.3 Å². The van der Waals surface area contributed by atoms with Crippen LogP contribution in [0.1, 0.15) is 284 Å². The van der Waals surface area contributed by atoms with Crippen LogP contribution in [-0.4, -0.2) is 49.9 Å². The number of carbonyl (C=O) groups is 1. The molecule has 9 heteroatoms. The molecule has 0 heterocycles. The van der Waals surface area contributed by atoms with E-state index in [1.807, 2.05) is 0 Å². The predicted octanol–water partition coefficient (Wildman–Crippen LogP) is 17.5. The first-order chi connectivity index (χ1) is 31.4. The number of rotatable bonds is 54. The topological polar surface area (TPSA) is 117 Å². The molecule has 0 aromatic carbocycles. The molecule has 0 spiro atoms. The molecule has 0 aliphatic carbocycles. The Morgan fingerprint density at radius 1 is 0.469 bits per heavy atom. The number of allylic oxidation sites excluding steroid dienone is 4. The molecule has 0 aromatic heterocycles. The number of phosphoric ester groups is 1. The first-order valence-corrected chi connectivity index (χ1v) is 29.3. The Morgan fingerprint density at radius 3 is 1.22 bits per heavy atom. The van der Waals surface area contributed by atoms with E-state index >= 15 is 0 Å². The van der Waals surface area contributed by atoms with Crippen molar-refractivity contribution >= 4 is 13.8 Å². The number of phosphoric acid groups is 1. The van der Waals surface area contributed by atoms with E-state index in [1.54, 1.807) is 0 Å². The number of carbonyl (C=O) groups excluding carboxylic acids is 1. The summed E-state index contributed by atoms with van der Waals surface area (Å²) in [6.07, 6.45) is 62.2. The first-order valence-electron chi connectivity index (χ1n) is 27.8. The molecular weight excluding hydrogens is 818 g/mol. The van der Waals surface area contributed by atoms with Gasteiger partial charge in [-0.25, -0.2) is 4.57 Å². The second kappa shape index (κ2) is 52.9. The van der Waals surface area contributed by atoms with Crippen molar-refractivity contribution < 1.29 is 32.8 Å². The molecule has 8 nitrogen and oxygen atoms in total. The van der Waals surface area contributed by atoms with Crippen molar-refractivity contribution in [2.75, 3.05) is 33.0 Å². The van der Waals surface area contributed by atoms with Gasteiger partial charge in [0.25, 0.3) is 0 Å². The number of esters is 1. The molecule has 380 valence electrons. The SMILES string of the molecule is CCCCCCC/C=C\C/C=C\CCCCCCCCCCCCCCCC(=O)OC(COCCCCCCCCCCCCCCCCCCCCCC)COP(=O)(O)OCCN. The fourth-order valence-corrected chi connectivity index (χ4v) is 9.03. The number of unbranched alkanes of at least 4 members (excludes halogenated alkanes) is 37. The Labute approximate surface area is 397 Å². The van der Waals surface area contributed by atoms with Crippen molar-refractivity contribution in [2.45, 2.75) is 290 Å². The quantitative estimate of drug-likeness (QED) is 0.0268. The molecular formula is C55H108NO7P.